The molecule has 184 valence electrons. The Hall–Kier alpha value is -1.19. The van der Waals surface area contributed by atoms with E-state index in [1.165, 1.54) is 0 Å². The van der Waals surface area contributed by atoms with Crippen molar-refractivity contribution in [3.63, 3.8) is 0 Å². The summed E-state index contributed by atoms with van der Waals surface area (Å²) in [5.41, 5.74) is 0. The first-order valence-corrected chi connectivity index (χ1v) is 12.3. The largest absolute Gasteiger partial charge is 0.477 e. The number of rotatable bonds is 18. The van der Waals surface area contributed by atoms with Crippen LogP contribution in [0.2, 0.25) is 0 Å². The highest BCUT2D eigenvalue weighted by Gasteiger charge is 2.28. The Balaban J connectivity index is 3.91. The molecule has 0 spiro atoms. The molecule has 0 aliphatic rings. The van der Waals surface area contributed by atoms with Gasteiger partial charge < -0.3 is 20.1 Å². The van der Waals surface area contributed by atoms with Crippen LogP contribution in [0.25, 0.3) is 0 Å². The minimum Gasteiger partial charge on any atom is -0.465 e. The average molecular weight is 469 g/mol. The van der Waals surface area contributed by atoms with Crippen molar-refractivity contribution in [2.45, 2.75) is 54.4 Å². The van der Waals surface area contributed by atoms with Gasteiger partial charge in [0.2, 0.25) is 6.79 Å². The van der Waals surface area contributed by atoms with E-state index in [0.717, 1.165) is 0 Å². The summed E-state index contributed by atoms with van der Waals surface area (Å²) in [6.45, 7) is 13.3. The predicted octanol–water partition coefficient (Wildman–Crippen LogP) is 3.71. The van der Waals surface area contributed by atoms with Crippen LogP contribution in [0.15, 0.2) is 0 Å². The second kappa shape index (κ2) is 17.4. The minimum atomic E-state index is -3.80. The zero-order valence-corrected chi connectivity index (χ0v) is 20.7. The number of alkyl carbamates (subject to hydrolysis) is 1. The summed E-state index contributed by atoms with van der Waals surface area (Å²) in [5.74, 6) is 0.401. The Morgan fingerprint density at radius 1 is 0.774 bits per heavy atom. The van der Waals surface area contributed by atoms with E-state index in [-0.39, 0.29) is 31.0 Å². The van der Waals surface area contributed by atoms with Crippen LogP contribution >= 0.6 is 7.82 Å². The van der Waals surface area contributed by atoms with Crippen LogP contribution in [-0.4, -0.2) is 58.3 Å². The van der Waals surface area contributed by atoms with Crippen LogP contribution in [0.4, 0.5) is 4.79 Å². The summed E-state index contributed by atoms with van der Waals surface area (Å²) in [5, 5.41) is 5.64. The molecule has 0 radical (unpaired) electrons. The van der Waals surface area contributed by atoms with Gasteiger partial charge in [-0.15, -0.1) is 0 Å². The Morgan fingerprint density at radius 3 is 1.90 bits per heavy atom. The van der Waals surface area contributed by atoms with Crippen molar-refractivity contribution in [3.05, 3.63) is 0 Å². The van der Waals surface area contributed by atoms with E-state index in [1.807, 2.05) is 41.5 Å². The molecule has 0 bridgehead atoms. The number of carbonyl (C=O) groups excluding carboxylic acids is 2. The SMILES string of the molecule is CC(C)COC(=O)CCCNCCNC(=O)OCOP(=O)(OCC(C)C)OCC(C)C. The van der Waals surface area contributed by atoms with Gasteiger partial charge in [-0.05, 0) is 30.7 Å². The third-order valence-corrected chi connectivity index (χ3v) is 4.77. The first-order valence-electron chi connectivity index (χ1n) is 10.8. The number of nitrogens with one attached hydrogen (secondary N) is 2. The van der Waals surface area contributed by atoms with Crippen LogP contribution in [0.5, 0.6) is 0 Å². The van der Waals surface area contributed by atoms with E-state index < -0.39 is 20.7 Å². The van der Waals surface area contributed by atoms with Crippen LogP contribution in [0.1, 0.15) is 54.4 Å². The molecule has 1 amide bonds. The molecule has 0 unspecified atom stereocenters. The van der Waals surface area contributed by atoms with Gasteiger partial charge in [-0.2, -0.15) is 0 Å². The summed E-state index contributed by atoms with van der Waals surface area (Å²) >= 11 is 0. The van der Waals surface area contributed by atoms with Gasteiger partial charge in [-0.1, -0.05) is 41.5 Å². The number of ether oxygens (including phenoxy) is 2. The lowest BCUT2D eigenvalue weighted by Gasteiger charge is -2.19. The first kappa shape index (κ1) is 29.8. The lowest BCUT2D eigenvalue weighted by molar-refractivity contribution is -0.144. The van der Waals surface area contributed by atoms with E-state index in [0.29, 0.717) is 45.0 Å². The molecule has 10 nitrogen and oxygen atoms in total. The van der Waals surface area contributed by atoms with Crippen LogP contribution in [-0.2, 0) is 32.4 Å². The van der Waals surface area contributed by atoms with E-state index in [9.17, 15) is 14.2 Å². The van der Waals surface area contributed by atoms with Gasteiger partial charge in [0, 0.05) is 19.5 Å². The van der Waals surface area contributed by atoms with Crippen molar-refractivity contribution in [1.29, 1.82) is 0 Å². The Morgan fingerprint density at radius 2 is 1.35 bits per heavy atom. The third kappa shape index (κ3) is 19.2. The van der Waals surface area contributed by atoms with Gasteiger partial charge in [0.15, 0.2) is 0 Å². The third-order valence-electron chi connectivity index (χ3n) is 3.42. The number of amides is 1. The van der Waals surface area contributed by atoms with E-state index in [1.54, 1.807) is 0 Å². The highest BCUT2D eigenvalue weighted by molar-refractivity contribution is 7.48. The van der Waals surface area contributed by atoms with E-state index in [4.69, 9.17) is 23.0 Å². The molecule has 0 fully saturated rings. The number of hydrogen-bond donors (Lipinski definition) is 2. The smallest absolute Gasteiger partial charge is 0.465 e. The summed E-state index contributed by atoms with van der Waals surface area (Å²) in [6, 6.07) is 0. The van der Waals surface area contributed by atoms with Crippen LogP contribution < -0.4 is 10.6 Å². The van der Waals surface area contributed by atoms with Crippen LogP contribution in [0, 0.1) is 17.8 Å². The Kier molecular flexibility index (Phi) is 16.7. The molecule has 0 atom stereocenters. The maximum atomic E-state index is 12.6. The quantitative estimate of drug-likeness (QED) is 0.134. The number of hydrogen-bond acceptors (Lipinski definition) is 9. The normalized spacial score (nSPS) is 11.9. The van der Waals surface area contributed by atoms with Crippen molar-refractivity contribution < 1.29 is 37.2 Å². The van der Waals surface area contributed by atoms with Gasteiger partial charge >= 0.3 is 19.9 Å². The van der Waals surface area contributed by atoms with Gasteiger partial charge in [-0.3, -0.25) is 13.8 Å². The molecule has 0 saturated heterocycles. The van der Waals surface area contributed by atoms with Crippen molar-refractivity contribution >= 4 is 19.9 Å². The maximum Gasteiger partial charge on any atom is 0.477 e. The molecule has 0 heterocycles. The zero-order valence-electron chi connectivity index (χ0n) is 19.8. The van der Waals surface area contributed by atoms with E-state index >= 15 is 0 Å². The molecule has 11 heteroatoms. The van der Waals surface area contributed by atoms with Crippen molar-refractivity contribution in [1.82, 2.24) is 10.6 Å². The van der Waals surface area contributed by atoms with E-state index in [2.05, 4.69) is 10.6 Å². The Bertz CT molecular complexity index is 527. The van der Waals surface area contributed by atoms with Crippen molar-refractivity contribution in [2.75, 3.05) is 46.2 Å². The monoisotopic (exact) mass is 468 g/mol. The lowest BCUT2D eigenvalue weighted by atomic mass is 10.2. The fourth-order valence-corrected chi connectivity index (χ4v) is 3.22. The fraction of sp³-hybridized carbons (Fsp3) is 0.900. The highest BCUT2D eigenvalue weighted by Crippen LogP contribution is 2.50. The van der Waals surface area contributed by atoms with Crippen molar-refractivity contribution in [2.24, 2.45) is 17.8 Å². The van der Waals surface area contributed by atoms with Gasteiger partial charge in [0.05, 0.1) is 19.8 Å². The molecule has 0 aliphatic carbocycles. The van der Waals surface area contributed by atoms with Gasteiger partial charge in [0.25, 0.3) is 0 Å². The number of carbonyl (C=O) groups is 2. The highest BCUT2D eigenvalue weighted by atomic mass is 31.2. The molecule has 0 aromatic heterocycles. The number of phosphoric ester groups is 1. The standard InChI is InChI=1S/C20H41N2O8P/c1-16(2)12-26-19(23)8-7-9-21-10-11-22-20(24)27-15-30-31(25,28-13-17(3)4)29-14-18(5)6/h16-18,21H,7-15H2,1-6H3,(H,22,24). The van der Waals surface area contributed by atoms with Gasteiger partial charge in [0.1, 0.15) is 0 Å². The predicted molar refractivity (Wildman–Crippen MR) is 118 cm³/mol. The summed E-state index contributed by atoms with van der Waals surface area (Å²) in [6.07, 6.45) is 0.292. The first-order chi connectivity index (χ1) is 14.5. The summed E-state index contributed by atoms with van der Waals surface area (Å²) in [4.78, 5) is 23.2. The molecular formula is C20H41N2O8P. The average Bonchev–Trinajstić information content (AvgIpc) is 2.68. The minimum absolute atomic E-state index is 0.141. The maximum absolute atomic E-state index is 12.6. The topological polar surface area (TPSA) is 121 Å². The number of phosphoric acid groups is 1. The molecule has 31 heavy (non-hydrogen) atoms. The second-order valence-corrected chi connectivity index (χ2v) is 10.0. The van der Waals surface area contributed by atoms with Gasteiger partial charge in [-0.25, -0.2) is 13.9 Å². The Labute approximate surface area is 186 Å². The second-order valence-electron chi connectivity index (χ2n) is 8.36. The van der Waals surface area contributed by atoms with Crippen molar-refractivity contribution in [3.8, 4) is 0 Å². The zero-order chi connectivity index (χ0) is 23.7. The molecule has 0 aromatic carbocycles. The summed E-state index contributed by atoms with van der Waals surface area (Å²) in [7, 11) is -3.80. The van der Waals surface area contributed by atoms with Crippen LogP contribution in [0.3, 0.4) is 0 Å². The molecule has 0 aliphatic heterocycles. The molecule has 0 rings (SSSR count). The lowest BCUT2D eigenvalue weighted by Crippen LogP contribution is -2.33. The molecule has 0 aromatic rings. The number of esters is 1. The molecular weight excluding hydrogens is 427 g/mol. The summed E-state index contributed by atoms with van der Waals surface area (Å²) < 4.78 is 38.1. The fourth-order valence-electron chi connectivity index (χ4n) is 1.86. The molecule has 2 N–H and O–H groups in total. The molecule has 0 saturated carbocycles.